The molecule has 1 aromatic heterocycles. The molecule has 1 aliphatic heterocycles. The summed E-state index contributed by atoms with van der Waals surface area (Å²) in [6.45, 7) is 9.67. The Hall–Kier alpha value is -1.20. The van der Waals surface area contributed by atoms with Gasteiger partial charge in [0.1, 0.15) is 11.6 Å². The molecule has 1 aromatic rings. The maximum atomic E-state index is 9.63. The minimum absolute atomic E-state index is 0.187. The molecule has 2 N–H and O–H groups in total. The van der Waals surface area contributed by atoms with Crippen LogP contribution in [0.5, 0.6) is 0 Å². The molecule has 1 aliphatic rings. The van der Waals surface area contributed by atoms with Crippen molar-refractivity contribution >= 4 is 5.82 Å². The molecule has 0 bridgehead atoms. The van der Waals surface area contributed by atoms with Gasteiger partial charge in [-0.3, -0.25) is 4.90 Å². The van der Waals surface area contributed by atoms with Crippen LogP contribution >= 0.6 is 0 Å². The Kier molecular flexibility index (Phi) is 5.31. The Labute approximate surface area is 121 Å². The Bertz CT molecular complexity index is 428. The molecule has 2 heterocycles. The van der Waals surface area contributed by atoms with E-state index in [9.17, 15) is 5.11 Å². The lowest BCUT2D eigenvalue weighted by Gasteiger charge is -2.32. The van der Waals surface area contributed by atoms with E-state index in [0.717, 1.165) is 56.4 Å². The van der Waals surface area contributed by atoms with Gasteiger partial charge in [-0.05, 0) is 52.6 Å². The quantitative estimate of drug-likeness (QED) is 0.860. The minimum atomic E-state index is -0.187. The van der Waals surface area contributed by atoms with Crippen molar-refractivity contribution in [1.29, 1.82) is 0 Å². The average Bonchev–Trinajstić information content (AvgIpc) is 2.39. The smallest absolute Gasteiger partial charge is 0.144 e. The largest absolute Gasteiger partial charge is 0.393 e. The van der Waals surface area contributed by atoms with Crippen molar-refractivity contribution < 1.29 is 5.11 Å². The number of aromatic nitrogens is 2. The third-order valence-electron chi connectivity index (χ3n) is 3.94. The van der Waals surface area contributed by atoms with Crippen molar-refractivity contribution in [3.8, 4) is 0 Å². The van der Waals surface area contributed by atoms with Crippen molar-refractivity contribution in [2.24, 2.45) is 5.92 Å². The van der Waals surface area contributed by atoms with Gasteiger partial charge in [0.25, 0.3) is 0 Å². The number of hydrogen-bond acceptors (Lipinski definition) is 5. The summed E-state index contributed by atoms with van der Waals surface area (Å²) in [4.78, 5) is 11.5. The number of piperidine rings is 1. The van der Waals surface area contributed by atoms with Gasteiger partial charge < -0.3 is 10.4 Å². The zero-order chi connectivity index (χ0) is 14.5. The SMILES string of the molecule is CCNc1cc(C)nc(CN2CCC(C(C)O)CC2)n1. The molecule has 112 valence electrons. The van der Waals surface area contributed by atoms with E-state index in [1.165, 1.54) is 0 Å². The standard InChI is InChI=1S/C15H26N4O/c1-4-16-14-9-11(2)17-15(18-14)10-19-7-5-13(6-8-19)12(3)20/h9,12-13,20H,4-8,10H2,1-3H3,(H,16,17,18). The first-order valence-corrected chi connectivity index (χ1v) is 7.57. The van der Waals surface area contributed by atoms with Crippen LogP contribution in [0.25, 0.3) is 0 Å². The summed E-state index contributed by atoms with van der Waals surface area (Å²) in [6, 6.07) is 1.98. The van der Waals surface area contributed by atoms with Crippen LogP contribution in [0.15, 0.2) is 6.07 Å². The molecule has 20 heavy (non-hydrogen) atoms. The summed E-state index contributed by atoms with van der Waals surface area (Å²) < 4.78 is 0. The number of aliphatic hydroxyl groups is 1. The fraction of sp³-hybridized carbons (Fsp3) is 0.733. The first-order chi connectivity index (χ1) is 9.58. The van der Waals surface area contributed by atoms with Crippen molar-refractivity contribution in [2.45, 2.75) is 46.3 Å². The summed E-state index contributed by atoms with van der Waals surface area (Å²) in [7, 11) is 0. The van der Waals surface area contributed by atoms with E-state index in [-0.39, 0.29) is 6.10 Å². The van der Waals surface area contributed by atoms with Gasteiger partial charge in [-0.2, -0.15) is 0 Å². The third kappa shape index (κ3) is 4.15. The molecule has 0 saturated carbocycles. The minimum Gasteiger partial charge on any atom is -0.393 e. The zero-order valence-electron chi connectivity index (χ0n) is 12.8. The summed E-state index contributed by atoms with van der Waals surface area (Å²) >= 11 is 0. The predicted octanol–water partition coefficient (Wildman–Crippen LogP) is 1.81. The van der Waals surface area contributed by atoms with Gasteiger partial charge in [0.15, 0.2) is 0 Å². The van der Waals surface area contributed by atoms with Gasteiger partial charge in [-0.25, -0.2) is 9.97 Å². The molecule has 0 aliphatic carbocycles. The van der Waals surface area contributed by atoms with Crippen LogP contribution in [-0.4, -0.2) is 45.7 Å². The van der Waals surface area contributed by atoms with E-state index in [2.05, 4.69) is 27.1 Å². The number of aryl methyl sites for hydroxylation is 1. The number of nitrogens with one attached hydrogen (secondary N) is 1. The Balaban J connectivity index is 1.94. The maximum absolute atomic E-state index is 9.63. The molecule has 2 rings (SSSR count). The van der Waals surface area contributed by atoms with E-state index >= 15 is 0 Å². The highest BCUT2D eigenvalue weighted by molar-refractivity contribution is 5.35. The van der Waals surface area contributed by atoms with Crippen molar-refractivity contribution in [2.75, 3.05) is 25.0 Å². The lowest BCUT2D eigenvalue weighted by atomic mass is 9.92. The fourth-order valence-electron chi connectivity index (χ4n) is 2.77. The van der Waals surface area contributed by atoms with Gasteiger partial charge in [-0.1, -0.05) is 0 Å². The lowest BCUT2D eigenvalue weighted by molar-refractivity contribution is 0.0687. The van der Waals surface area contributed by atoms with Crippen LogP contribution in [0.1, 0.15) is 38.2 Å². The van der Waals surface area contributed by atoms with E-state index in [0.29, 0.717) is 5.92 Å². The first-order valence-electron chi connectivity index (χ1n) is 7.57. The number of aliphatic hydroxyl groups excluding tert-OH is 1. The zero-order valence-corrected chi connectivity index (χ0v) is 12.8. The lowest BCUT2D eigenvalue weighted by Crippen LogP contribution is -2.37. The second kappa shape index (κ2) is 6.99. The van der Waals surface area contributed by atoms with Gasteiger partial charge >= 0.3 is 0 Å². The molecule has 1 saturated heterocycles. The van der Waals surface area contributed by atoms with E-state index in [1.54, 1.807) is 0 Å². The maximum Gasteiger partial charge on any atom is 0.144 e. The molecule has 1 fully saturated rings. The molecule has 1 unspecified atom stereocenters. The number of likely N-dealkylation sites (tertiary alicyclic amines) is 1. The van der Waals surface area contributed by atoms with Crippen LogP contribution in [0.2, 0.25) is 0 Å². The van der Waals surface area contributed by atoms with E-state index in [1.807, 2.05) is 19.9 Å². The van der Waals surface area contributed by atoms with Crippen molar-refractivity contribution in [1.82, 2.24) is 14.9 Å². The molecule has 5 heteroatoms. The van der Waals surface area contributed by atoms with Gasteiger partial charge in [-0.15, -0.1) is 0 Å². The summed E-state index contributed by atoms with van der Waals surface area (Å²) in [5.74, 6) is 2.24. The molecule has 0 radical (unpaired) electrons. The van der Waals surface area contributed by atoms with Gasteiger partial charge in [0.2, 0.25) is 0 Å². The Morgan fingerprint density at radius 1 is 1.40 bits per heavy atom. The number of rotatable bonds is 5. The molecular weight excluding hydrogens is 252 g/mol. The summed E-state index contributed by atoms with van der Waals surface area (Å²) in [5, 5.41) is 12.9. The number of anilines is 1. The van der Waals surface area contributed by atoms with Crippen LogP contribution in [-0.2, 0) is 6.54 Å². The van der Waals surface area contributed by atoms with Crippen LogP contribution < -0.4 is 5.32 Å². The molecule has 0 spiro atoms. The molecular formula is C15H26N4O. The highest BCUT2D eigenvalue weighted by Crippen LogP contribution is 2.21. The third-order valence-corrected chi connectivity index (χ3v) is 3.94. The second-order valence-corrected chi connectivity index (χ2v) is 5.70. The highest BCUT2D eigenvalue weighted by atomic mass is 16.3. The Morgan fingerprint density at radius 3 is 2.70 bits per heavy atom. The van der Waals surface area contributed by atoms with Crippen LogP contribution in [0.3, 0.4) is 0 Å². The van der Waals surface area contributed by atoms with E-state index < -0.39 is 0 Å². The van der Waals surface area contributed by atoms with Crippen LogP contribution in [0.4, 0.5) is 5.82 Å². The summed E-state index contributed by atoms with van der Waals surface area (Å²) in [5.41, 5.74) is 1.00. The average molecular weight is 278 g/mol. The Morgan fingerprint density at radius 2 is 2.10 bits per heavy atom. The van der Waals surface area contributed by atoms with Crippen molar-refractivity contribution in [3.05, 3.63) is 17.6 Å². The molecule has 5 nitrogen and oxygen atoms in total. The first kappa shape index (κ1) is 15.2. The molecule has 0 amide bonds. The second-order valence-electron chi connectivity index (χ2n) is 5.70. The topological polar surface area (TPSA) is 61.3 Å². The van der Waals surface area contributed by atoms with Crippen molar-refractivity contribution in [3.63, 3.8) is 0 Å². The predicted molar refractivity (Wildman–Crippen MR) is 80.6 cm³/mol. The van der Waals surface area contributed by atoms with Crippen LogP contribution in [0, 0.1) is 12.8 Å². The monoisotopic (exact) mass is 278 g/mol. The van der Waals surface area contributed by atoms with Gasteiger partial charge in [0.05, 0.1) is 12.6 Å². The number of hydrogen-bond donors (Lipinski definition) is 2. The normalized spacial score (nSPS) is 19.0. The summed E-state index contributed by atoms with van der Waals surface area (Å²) in [6.07, 6.45) is 1.93. The van der Waals surface area contributed by atoms with E-state index in [4.69, 9.17) is 0 Å². The van der Waals surface area contributed by atoms with Gasteiger partial charge in [0, 0.05) is 18.3 Å². The molecule has 0 aromatic carbocycles. The highest BCUT2D eigenvalue weighted by Gasteiger charge is 2.23. The fourth-order valence-corrected chi connectivity index (χ4v) is 2.77. The molecule has 1 atom stereocenters. The number of nitrogens with zero attached hydrogens (tertiary/aromatic N) is 3.